The van der Waals surface area contributed by atoms with Crippen molar-refractivity contribution in [3.8, 4) is 0 Å². The van der Waals surface area contributed by atoms with Gasteiger partial charge in [-0.15, -0.1) is 0 Å². The van der Waals surface area contributed by atoms with Gasteiger partial charge in [0.1, 0.15) is 0 Å². The summed E-state index contributed by atoms with van der Waals surface area (Å²) in [4.78, 5) is 0. The van der Waals surface area contributed by atoms with Crippen LogP contribution in [0.15, 0.2) is 84.4 Å². The molecule has 0 saturated carbocycles. The summed E-state index contributed by atoms with van der Waals surface area (Å²) in [6.07, 6.45) is 2.17. The second kappa shape index (κ2) is 6.61. The van der Waals surface area contributed by atoms with Crippen LogP contribution < -0.4 is 16.9 Å². The van der Waals surface area contributed by atoms with E-state index in [9.17, 15) is 0 Å². The average molecular weight is 352 g/mol. The van der Waals surface area contributed by atoms with Crippen molar-refractivity contribution in [2.24, 2.45) is 0 Å². The molecule has 3 aromatic rings. The molecule has 0 heterocycles. The van der Waals surface area contributed by atoms with Gasteiger partial charge < -0.3 is 11.5 Å². The number of allylic oxidation sites excluding steroid dienone is 3. The van der Waals surface area contributed by atoms with Gasteiger partial charge in [-0.1, -0.05) is 42.5 Å². The van der Waals surface area contributed by atoms with E-state index in [4.69, 9.17) is 16.9 Å². The first-order chi connectivity index (χ1) is 13.0. The van der Waals surface area contributed by atoms with Crippen molar-refractivity contribution in [3.63, 3.8) is 0 Å². The molecule has 132 valence electrons. The Hall–Kier alpha value is -3.59. The predicted octanol–water partition coefficient (Wildman–Crippen LogP) is 3.32. The summed E-state index contributed by atoms with van der Waals surface area (Å²) < 4.78 is 0. The van der Waals surface area contributed by atoms with E-state index in [2.05, 4.69) is 49.4 Å². The first-order valence-electron chi connectivity index (χ1n) is 8.91. The van der Waals surface area contributed by atoms with Gasteiger partial charge in [-0.2, -0.15) is 0 Å². The molecule has 0 amide bonds. The monoisotopic (exact) mass is 352 g/mol. The normalized spacial score (nSPS) is 13.1. The summed E-state index contributed by atoms with van der Waals surface area (Å²) in [5.41, 5.74) is 21.9. The van der Waals surface area contributed by atoms with Crippen LogP contribution in [0.3, 0.4) is 0 Å². The predicted molar refractivity (Wildman–Crippen MR) is 114 cm³/mol. The maximum absolute atomic E-state index is 6.36. The minimum Gasteiger partial charge on any atom is -0.399 e. The molecule has 0 unspecified atom stereocenters. The van der Waals surface area contributed by atoms with Crippen LogP contribution in [0, 0.1) is 0 Å². The van der Waals surface area contributed by atoms with Crippen molar-refractivity contribution < 1.29 is 5.41 Å². The number of hydrogen-bond acceptors (Lipinski definition) is 2. The summed E-state index contributed by atoms with van der Waals surface area (Å²) >= 11 is 0. The lowest BCUT2D eigenvalue weighted by Crippen LogP contribution is -2.42. The molecule has 0 saturated heterocycles. The third-order valence-electron chi connectivity index (χ3n) is 4.96. The molecule has 0 spiro atoms. The van der Waals surface area contributed by atoms with Crippen molar-refractivity contribution in [2.75, 3.05) is 11.5 Å². The van der Waals surface area contributed by atoms with Crippen molar-refractivity contribution in [1.82, 2.24) is 0 Å². The van der Waals surface area contributed by atoms with E-state index in [1.165, 1.54) is 0 Å². The Morgan fingerprint density at radius 1 is 0.704 bits per heavy atom. The number of hydrogen-bond donors (Lipinski definition) is 3. The van der Waals surface area contributed by atoms with E-state index in [1.54, 1.807) is 0 Å². The molecule has 0 fully saturated rings. The number of benzene rings is 3. The van der Waals surface area contributed by atoms with Gasteiger partial charge in [-0.3, -0.25) is 5.41 Å². The largest absolute Gasteiger partial charge is 0.399 e. The molecule has 27 heavy (non-hydrogen) atoms. The number of nitrogen functional groups attached to an aromatic ring is 2. The van der Waals surface area contributed by atoms with E-state index >= 15 is 0 Å². The van der Waals surface area contributed by atoms with Crippen LogP contribution in [0.1, 0.15) is 29.2 Å². The van der Waals surface area contributed by atoms with Crippen molar-refractivity contribution in [3.05, 3.63) is 107 Å². The number of rotatable bonds is 2. The highest BCUT2D eigenvalue weighted by atomic mass is 14.5. The Morgan fingerprint density at radius 3 is 1.70 bits per heavy atom. The van der Waals surface area contributed by atoms with Crippen LogP contribution in [-0.4, -0.2) is 5.71 Å². The molecular weight excluding hydrogens is 330 g/mol. The molecule has 0 aliphatic heterocycles. The zero-order valence-corrected chi connectivity index (χ0v) is 15.2. The summed E-state index contributed by atoms with van der Waals surface area (Å²) in [6.45, 7) is 2.05. The second-order valence-electron chi connectivity index (χ2n) is 6.82. The van der Waals surface area contributed by atoms with Gasteiger partial charge in [-0.25, -0.2) is 0 Å². The summed E-state index contributed by atoms with van der Waals surface area (Å²) in [5.74, 6) is 0. The average Bonchev–Trinajstić information content (AvgIpc) is 2.69. The number of anilines is 2. The fraction of sp³-hybridized carbons (Fsp3) is 0.0417. The smallest absolute Gasteiger partial charge is 0.207 e. The molecule has 0 aromatic heterocycles. The third kappa shape index (κ3) is 3.04. The molecule has 3 heteroatoms. The summed E-state index contributed by atoms with van der Waals surface area (Å²) in [5, 5.41) is 6.36. The minimum absolute atomic E-state index is 0.744. The molecule has 4 rings (SSSR count). The quantitative estimate of drug-likeness (QED) is 0.619. The van der Waals surface area contributed by atoms with Crippen LogP contribution in [0.4, 0.5) is 11.4 Å². The van der Waals surface area contributed by atoms with Gasteiger partial charge in [0.2, 0.25) is 5.71 Å². The van der Waals surface area contributed by atoms with Crippen LogP contribution >= 0.6 is 0 Å². The first-order valence-corrected chi connectivity index (χ1v) is 8.91. The Labute approximate surface area is 159 Å². The highest BCUT2D eigenvalue weighted by Gasteiger charge is 2.24. The lowest BCUT2D eigenvalue weighted by atomic mass is 9.81. The van der Waals surface area contributed by atoms with Crippen molar-refractivity contribution in [2.45, 2.75) is 6.92 Å². The van der Waals surface area contributed by atoms with Crippen molar-refractivity contribution >= 4 is 28.2 Å². The Bertz CT molecular complexity index is 1040. The molecule has 0 atom stereocenters. The van der Waals surface area contributed by atoms with Crippen LogP contribution in [0.5, 0.6) is 0 Å². The molecule has 6 N–H and O–H groups in total. The molecule has 1 aliphatic rings. The van der Waals surface area contributed by atoms with Crippen molar-refractivity contribution in [1.29, 1.82) is 0 Å². The highest BCUT2D eigenvalue weighted by Crippen LogP contribution is 2.38. The van der Waals surface area contributed by atoms with Gasteiger partial charge in [-0.05, 0) is 71.2 Å². The zero-order chi connectivity index (χ0) is 19.0. The third-order valence-corrected chi connectivity index (χ3v) is 4.96. The fourth-order valence-corrected chi connectivity index (χ4v) is 3.52. The van der Waals surface area contributed by atoms with E-state index in [0.29, 0.717) is 0 Å². The first kappa shape index (κ1) is 16.9. The fourth-order valence-electron chi connectivity index (χ4n) is 3.52. The number of nitrogens with two attached hydrogens (primary N) is 3. The van der Waals surface area contributed by atoms with E-state index in [0.717, 1.165) is 56.1 Å². The van der Waals surface area contributed by atoms with Gasteiger partial charge in [0.05, 0.1) is 5.56 Å². The maximum Gasteiger partial charge on any atom is 0.207 e. The molecular formula is C24H22N3+. The lowest BCUT2D eigenvalue weighted by Gasteiger charge is -2.21. The van der Waals surface area contributed by atoms with E-state index in [-0.39, 0.29) is 0 Å². The zero-order valence-electron chi connectivity index (χ0n) is 15.2. The Kier molecular flexibility index (Phi) is 4.13. The van der Waals surface area contributed by atoms with E-state index in [1.807, 2.05) is 36.4 Å². The molecule has 0 bridgehead atoms. The van der Waals surface area contributed by atoms with E-state index < -0.39 is 0 Å². The lowest BCUT2D eigenvalue weighted by molar-refractivity contribution is -0.111. The molecule has 3 nitrogen and oxygen atoms in total. The SMILES string of the molecule is CC1=CC(=C(c2ccc(N)cc2)c2ccc(N)cc2)c2ccccc2C1=[NH2+]. The molecule has 0 radical (unpaired) electrons. The number of fused-ring (bicyclic) bond motifs is 1. The van der Waals surface area contributed by atoms with Gasteiger partial charge in [0.15, 0.2) is 0 Å². The summed E-state index contributed by atoms with van der Waals surface area (Å²) in [7, 11) is 0. The van der Waals surface area contributed by atoms with Gasteiger partial charge in [0, 0.05) is 16.9 Å². The Balaban J connectivity index is 2.07. The standard InChI is InChI=1S/C24H21N3/c1-15-14-22(20-4-2-3-5-21(20)24(15)27)23(16-6-10-18(25)11-7-16)17-8-12-19(26)13-9-17/h2-14,27H,25-26H2,1H3/p+1. The van der Waals surface area contributed by atoms with Gasteiger partial charge in [0.25, 0.3) is 0 Å². The highest BCUT2D eigenvalue weighted by molar-refractivity contribution is 6.19. The molecule has 1 aliphatic carbocycles. The van der Waals surface area contributed by atoms with Crippen LogP contribution in [-0.2, 0) is 0 Å². The summed E-state index contributed by atoms with van der Waals surface area (Å²) in [6, 6.07) is 24.2. The van der Waals surface area contributed by atoms with Crippen LogP contribution in [0.25, 0.3) is 11.1 Å². The maximum atomic E-state index is 6.36. The minimum atomic E-state index is 0.744. The Morgan fingerprint density at radius 2 is 1.19 bits per heavy atom. The van der Waals surface area contributed by atoms with Gasteiger partial charge >= 0.3 is 0 Å². The molecule has 3 aromatic carbocycles. The topological polar surface area (TPSA) is 77.6 Å². The second-order valence-corrected chi connectivity index (χ2v) is 6.82. The van der Waals surface area contributed by atoms with Crippen LogP contribution in [0.2, 0.25) is 0 Å².